The highest BCUT2D eigenvalue weighted by Gasteiger charge is 2.16. The molecule has 2 aliphatic rings. The first-order chi connectivity index (χ1) is 13.1. The molecule has 27 heavy (non-hydrogen) atoms. The van der Waals surface area contributed by atoms with Gasteiger partial charge >= 0.3 is 0 Å². The Morgan fingerprint density at radius 1 is 0.704 bits per heavy atom. The molecule has 0 nitrogen and oxygen atoms in total. The highest BCUT2D eigenvalue weighted by atomic mass is 14.2. The van der Waals surface area contributed by atoms with E-state index in [2.05, 4.69) is 87.6 Å². The molecule has 0 saturated heterocycles. The first-order valence-electron chi connectivity index (χ1n) is 10.2. The summed E-state index contributed by atoms with van der Waals surface area (Å²) in [6, 6.07) is 11.3. The van der Waals surface area contributed by atoms with Crippen molar-refractivity contribution in [3.05, 3.63) is 69.6 Å². The molecule has 0 spiro atoms. The number of hydrogen-bond donors (Lipinski definition) is 0. The number of fused-ring (bicyclic) bond motifs is 2. The number of allylic oxidation sites excluding steroid dienone is 2. The Labute approximate surface area is 162 Å². The summed E-state index contributed by atoms with van der Waals surface area (Å²) in [5.41, 5.74) is 4.10. The van der Waals surface area contributed by atoms with Gasteiger partial charge in [-0.05, 0) is 67.4 Å². The summed E-state index contributed by atoms with van der Waals surface area (Å²) in [6.45, 7) is 10.8. The molecule has 3 aromatic rings. The third kappa shape index (κ3) is 2.75. The Balaban J connectivity index is 0.000000872. The molecular formula is C27H28. The van der Waals surface area contributed by atoms with Crippen LogP contribution in [0.4, 0.5) is 0 Å². The number of aryl methyl sites for hydroxylation is 1. The predicted octanol–water partition coefficient (Wildman–Crippen LogP) is 6.21. The fourth-order valence-electron chi connectivity index (χ4n) is 4.44. The van der Waals surface area contributed by atoms with E-state index in [1.165, 1.54) is 48.7 Å². The van der Waals surface area contributed by atoms with E-state index in [0.29, 0.717) is 11.8 Å². The lowest BCUT2D eigenvalue weighted by Gasteiger charge is -2.13. The summed E-state index contributed by atoms with van der Waals surface area (Å²) in [7, 11) is 0. The molecule has 0 amide bonds. The molecule has 5 rings (SSSR count). The summed E-state index contributed by atoms with van der Waals surface area (Å²) >= 11 is 0. The van der Waals surface area contributed by atoms with Crippen molar-refractivity contribution in [2.45, 2.75) is 34.6 Å². The minimum Gasteiger partial charge on any atom is -0.0773 e. The van der Waals surface area contributed by atoms with Crippen LogP contribution in [0.15, 0.2) is 42.5 Å². The fraction of sp³-hybridized carbons (Fsp3) is 0.259. The maximum Gasteiger partial charge on any atom is -0.00269 e. The summed E-state index contributed by atoms with van der Waals surface area (Å²) < 4.78 is 0. The van der Waals surface area contributed by atoms with Gasteiger partial charge in [-0.3, -0.25) is 0 Å². The second kappa shape index (κ2) is 6.85. The molecule has 2 unspecified atom stereocenters. The van der Waals surface area contributed by atoms with Gasteiger partial charge < -0.3 is 0 Å². The van der Waals surface area contributed by atoms with Crippen molar-refractivity contribution in [2.75, 3.05) is 0 Å². The van der Waals surface area contributed by atoms with Gasteiger partial charge in [0, 0.05) is 0 Å². The molecule has 2 atom stereocenters. The summed E-state index contributed by atoms with van der Waals surface area (Å²) in [5.74, 6) is 0.892. The van der Waals surface area contributed by atoms with E-state index in [1.54, 1.807) is 0 Å². The van der Waals surface area contributed by atoms with Gasteiger partial charge in [0.1, 0.15) is 0 Å². The van der Waals surface area contributed by atoms with Crippen LogP contribution in [0.1, 0.15) is 44.4 Å². The second-order valence-corrected chi connectivity index (χ2v) is 7.59. The van der Waals surface area contributed by atoms with Gasteiger partial charge in [0.25, 0.3) is 0 Å². The monoisotopic (exact) mass is 352 g/mol. The van der Waals surface area contributed by atoms with Gasteiger partial charge in [-0.1, -0.05) is 94.5 Å². The maximum atomic E-state index is 2.44. The molecule has 0 aliphatic heterocycles. The summed E-state index contributed by atoms with van der Waals surface area (Å²) in [6.07, 6.45) is 14.2. The van der Waals surface area contributed by atoms with Gasteiger partial charge in [0.2, 0.25) is 0 Å². The smallest absolute Gasteiger partial charge is 0.00269 e. The second-order valence-electron chi connectivity index (χ2n) is 7.59. The molecular weight excluding hydrogens is 324 g/mol. The lowest BCUT2D eigenvalue weighted by Crippen LogP contribution is -2.16. The third-order valence-corrected chi connectivity index (χ3v) is 5.68. The number of hydrogen-bond acceptors (Lipinski definition) is 0. The highest BCUT2D eigenvalue weighted by molar-refractivity contribution is 6.14. The van der Waals surface area contributed by atoms with Gasteiger partial charge in [-0.2, -0.15) is 0 Å². The molecule has 0 aromatic heterocycles. The molecule has 3 aromatic carbocycles. The molecule has 0 saturated carbocycles. The van der Waals surface area contributed by atoms with E-state index in [-0.39, 0.29) is 0 Å². The van der Waals surface area contributed by atoms with E-state index in [1.807, 2.05) is 13.8 Å². The summed E-state index contributed by atoms with van der Waals surface area (Å²) in [5, 5.41) is 8.39. The van der Waals surface area contributed by atoms with Crippen molar-refractivity contribution >= 4 is 45.8 Å². The normalized spacial score (nSPS) is 19.6. The fourth-order valence-corrected chi connectivity index (χ4v) is 4.44. The average molecular weight is 353 g/mol. The average Bonchev–Trinajstić information content (AvgIpc) is 2.96. The van der Waals surface area contributed by atoms with Crippen LogP contribution >= 0.6 is 0 Å². The van der Waals surface area contributed by atoms with Gasteiger partial charge in [-0.15, -0.1) is 0 Å². The molecule has 0 radical (unpaired) electrons. The zero-order valence-corrected chi connectivity index (χ0v) is 17.0. The Kier molecular flexibility index (Phi) is 4.52. The first kappa shape index (κ1) is 17.8. The minimum absolute atomic E-state index is 0.440. The third-order valence-electron chi connectivity index (χ3n) is 5.68. The highest BCUT2D eigenvalue weighted by Crippen LogP contribution is 2.30. The quantitative estimate of drug-likeness (QED) is 0.422. The first-order valence-corrected chi connectivity index (χ1v) is 10.2. The zero-order chi connectivity index (χ0) is 19.1. The van der Waals surface area contributed by atoms with Crippen LogP contribution in [-0.2, 0) is 0 Å². The standard InChI is InChI=1S/C25H22.C2H6/c1-15-7-10-18-5-4-6-19-20-12-9-17(3)22-13-16(2)8-11-21(25(20)22)23(14-15)24(18)19;1-2/h4-16H,1-3H3;1-2H3. The van der Waals surface area contributed by atoms with E-state index < -0.39 is 0 Å². The van der Waals surface area contributed by atoms with Crippen molar-refractivity contribution in [3.63, 3.8) is 0 Å². The lowest BCUT2D eigenvalue weighted by molar-refractivity contribution is 1.00. The van der Waals surface area contributed by atoms with Crippen molar-refractivity contribution < 1.29 is 0 Å². The van der Waals surface area contributed by atoms with Crippen LogP contribution in [0.5, 0.6) is 0 Å². The van der Waals surface area contributed by atoms with Crippen molar-refractivity contribution in [1.29, 1.82) is 0 Å². The molecule has 136 valence electrons. The zero-order valence-electron chi connectivity index (χ0n) is 17.0. The Hall–Kier alpha value is -2.60. The molecule has 0 fully saturated rings. The largest absolute Gasteiger partial charge is 0.0773 e. The van der Waals surface area contributed by atoms with Crippen LogP contribution in [0.2, 0.25) is 0 Å². The number of benzene rings is 3. The van der Waals surface area contributed by atoms with Crippen molar-refractivity contribution in [1.82, 2.24) is 0 Å². The van der Waals surface area contributed by atoms with Crippen molar-refractivity contribution in [3.8, 4) is 0 Å². The molecule has 2 aliphatic carbocycles. The van der Waals surface area contributed by atoms with Gasteiger partial charge in [0.15, 0.2) is 0 Å². The van der Waals surface area contributed by atoms with Crippen LogP contribution in [0, 0.1) is 18.8 Å². The minimum atomic E-state index is 0.440. The van der Waals surface area contributed by atoms with E-state index in [0.717, 1.165) is 0 Å². The Morgan fingerprint density at radius 3 is 2.15 bits per heavy atom. The topological polar surface area (TPSA) is 0 Å². The van der Waals surface area contributed by atoms with Crippen molar-refractivity contribution in [2.24, 2.45) is 11.8 Å². The molecule has 0 N–H and O–H groups in total. The van der Waals surface area contributed by atoms with E-state index >= 15 is 0 Å². The van der Waals surface area contributed by atoms with Crippen LogP contribution in [0.3, 0.4) is 0 Å². The lowest BCUT2D eigenvalue weighted by atomic mass is 9.90. The van der Waals surface area contributed by atoms with Gasteiger partial charge in [-0.25, -0.2) is 0 Å². The SMILES string of the molecule is CC.Cc1ccc2c3c(c4c5c(cccc52)C=CC(C)C=4)C=CC(C)C=c13. The maximum absolute atomic E-state index is 2.44. The molecule has 0 bridgehead atoms. The van der Waals surface area contributed by atoms with Gasteiger partial charge in [0.05, 0.1) is 0 Å². The molecule has 0 heterocycles. The van der Waals surface area contributed by atoms with E-state index in [4.69, 9.17) is 0 Å². The van der Waals surface area contributed by atoms with Crippen LogP contribution < -0.4 is 10.4 Å². The summed E-state index contributed by atoms with van der Waals surface area (Å²) in [4.78, 5) is 0. The Morgan fingerprint density at radius 2 is 1.37 bits per heavy atom. The van der Waals surface area contributed by atoms with E-state index in [9.17, 15) is 0 Å². The molecule has 0 heteroatoms. The predicted molar refractivity (Wildman–Crippen MR) is 122 cm³/mol. The Bertz CT molecular complexity index is 1220. The van der Waals surface area contributed by atoms with Crippen LogP contribution in [0.25, 0.3) is 45.8 Å². The van der Waals surface area contributed by atoms with Crippen LogP contribution in [-0.4, -0.2) is 0 Å². The number of rotatable bonds is 0.